The smallest absolute Gasteiger partial charge is 0.161 e. The van der Waals surface area contributed by atoms with Crippen LogP contribution in [-0.4, -0.2) is 17.0 Å². The molecule has 0 radical (unpaired) electrons. The van der Waals surface area contributed by atoms with Gasteiger partial charge in [0.2, 0.25) is 0 Å². The lowest BCUT2D eigenvalue weighted by Crippen LogP contribution is -2.34. The lowest BCUT2D eigenvalue weighted by atomic mass is 9.73. The maximum Gasteiger partial charge on any atom is 0.161 e. The van der Waals surface area contributed by atoms with Crippen LogP contribution in [0.15, 0.2) is 11.6 Å². The van der Waals surface area contributed by atoms with Crippen molar-refractivity contribution in [1.29, 1.82) is 0 Å². The predicted octanol–water partition coefficient (Wildman–Crippen LogP) is 1.68. The van der Waals surface area contributed by atoms with E-state index in [1.54, 1.807) is 13.0 Å². The summed E-state index contributed by atoms with van der Waals surface area (Å²) in [6.45, 7) is 5.83. The molecule has 0 aliphatic heterocycles. The number of aliphatic hydroxyl groups is 1. The molecule has 0 aromatic rings. The van der Waals surface area contributed by atoms with Crippen molar-refractivity contribution in [2.45, 2.75) is 39.7 Å². The molecule has 2 heteroatoms. The Morgan fingerprint density at radius 2 is 2.17 bits per heavy atom. The second kappa shape index (κ2) is 3.02. The number of aliphatic hydroxyl groups excluding tert-OH is 1. The minimum Gasteiger partial charge on any atom is -0.388 e. The Morgan fingerprint density at radius 1 is 1.58 bits per heavy atom. The fourth-order valence-corrected chi connectivity index (χ4v) is 1.78. The molecular weight excluding hydrogens is 152 g/mol. The van der Waals surface area contributed by atoms with E-state index in [1.165, 1.54) is 0 Å². The van der Waals surface area contributed by atoms with E-state index in [0.29, 0.717) is 18.4 Å². The van der Waals surface area contributed by atoms with Crippen LogP contribution in [0.4, 0.5) is 0 Å². The van der Waals surface area contributed by atoms with Crippen molar-refractivity contribution in [2.75, 3.05) is 0 Å². The van der Waals surface area contributed by atoms with Crippen LogP contribution >= 0.6 is 0 Å². The Balaban J connectivity index is 2.85. The number of rotatable bonds is 0. The summed E-state index contributed by atoms with van der Waals surface area (Å²) in [5.41, 5.74) is 0.553. The van der Waals surface area contributed by atoms with Crippen molar-refractivity contribution >= 4 is 5.78 Å². The third kappa shape index (κ3) is 1.75. The zero-order valence-electron chi connectivity index (χ0n) is 7.92. The van der Waals surface area contributed by atoms with Gasteiger partial charge in [0, 0.05) is 12.0 Å². The van der Waals surface area contributed by atoms with Gasteiger partial charge in [-0.25, -0.2) is 0 Å². The molecule has 1 N–H and O–H groups in total. The van der Waals surface area contributed by atoms with Crippen LogP contribution in [0.5, 0.6) is 0 Å². The molecule has 1 aliphatic carbocycles. The van der Waals surface area contributed by atoms with Gasteiger partial charge in [0.1, 0.15) is 0 Å². The third-order valence-corrected chi connectivity index (χ3v) is 2.38. The van der Waals surface area contributed by atoms with Gasteiger partial charge < -0.3 is 5.11 Å². The average molecular weight is 168 g/mol. The summed E-state index contributed by atoms with van der Waals surface area (Å²) in [4.78, 5) is 11.4. The van der Waals surface area contributed by atoms with E-state index in [0.717, 1.165) is 0 Å². The number of Topliss-reactive ketones (excluding diaryl/α,β-unsaturated/α-hetero) is 1. The summed E-state index contributed by atoms with van der Waals surface area (Å²) >= 11 is 0. The third-order valence-electron chi connectivity index (χ3n) is 2.38. The van der Waals surface area contributed by atoms with Crippen LogP contribution in [0.1, 0.15) is 33.6 Å². The van der Waals surface area contributed by atoms with Gasteiger partial charge in [0.25, 0.3) is 0 Å². The standard InChI is InChI=1S/C10H16O2/c1-4-7-8(11)5-10(2,3)6-9(7)12/h4,8,11H,5-6H2,1-3H3/b7-4+. The molecule has 1 rings (SSSR count). The number of hydrogen-bond acceptors (Lipinski definition) is 2. The zero-order valence-corrected chi connectivity index (χ0v) is 7.92. The molecule has 0 spiro atoms. The molecule has 1 saturated carbocycles. The maximum absolute atomic E-state index is 11.4. The SMILES string of the molecule is C/C=C1/C(=O)CC(C)(C)CC1O. The van der Waals surface area contributed by atoms with Crippen LogP contribution in [-0.2, 0) is 4.79 Å². The molecule has 0 aromatic heterocycles. The Bertz CT molecular complexity index is 226. The minimum absolute atomic E-state index is 0.0387. The van der Waals surface area contributed by atoms with E-state index in [9.17, 15) is 9.90 Å². The molecule has 1 unspecified atom stereocenters. The van der Waals surface area contributed by atoms with E-state index in [2.05, 4.69) is 0 Å². The largest absolute Gasteiger partial charge is 0.388 e. The van der Waals surface area contributed by atoms with Crippen LogP contribution in [0.2, 0.25) is 0 Å². The number of carbonyl (C=O) groups excluding carboxylic acids is 1. The van der Waals surface area contributed by atoms with Crippen LogP contribution in [0.25, 0.3) is 0 Å². The van der Waals surface area contributed by atoms with Gasteiger partial charge in [-0.3, -0.25) is 4.79 Å². The van der Waals surface area contributed by atoms with Gasteiger partial charge in [-0.05, 0) is 18.8 Å². The van der Waals surface area contributed by atoms with Gasteiger partial charge in [0.05, 0.1) is 6.10 Å². The molecule has 1 fully saturated rings. The first-order valence-corrected chi connectivity index (χ1v) is 4.34. The molecule has 12 heavy (non-hydrogen) atoms. The normalized spacial score (nSPS) is 32.5. The van der Waals surface area contributed by atoms with Crippen LogP contribution < -0.4 is 0 Å². The summed E-state index contributed by atoms with van der Waals surface area (Å²) < 4.78 is 0. The number of hydrogen-bond donors (Lipinski definition) is 1. The van der Waals surface area contributed by atoms with Gasteiger partial charge in [-0.15, -0.1) is 0 Å². The number of ketones is 1. The monoisotopic (exact) mass is 168 g/mol. The molecule has 0 saturated heterocycles. The lowest BCUT2D eigenvalue weighted by Gasteiger charge is -2.33. The highest BCUT2D eigenvalue weighted by Crippen LogP contribution is 2.35. The highest BCUT2D eigenvalue weighted by molar-refractivity contribution is 5.97. The minimum atomic E-state index is -0.550. The van der Waals surface area contributed by atoms with Crippen molar-refractivity contribution < 1.29 is 9.90 Å². The van der Waals surface area contributed by atoms with E-state index < -0.39 is 6.10 Å². The van der Waals surface area contributed by atoms with Gasteiger partial charge in [0.15, 0.2) is 5.78 Å². The number of allylic oxidation sites excluding steroid dienone is 1. The van der Waals surface area contributed by atoms with E-state index in [4.69, 9.17) is 0 Å². The maximum atomic E-state index is 11.4. The van der Waals surface area contributed by atoms with Crippen molar-refractivity contribution in [3.05, 3.63) is 11.6 Å². The van der Waals surface area contributed by atoms with Crippen LogP contribution in [0, 0.1) is 5.41 Å². The van der Waals surface area contributed by atoms with Crippen LogP contribution in [0.3, 0.4) is 0 Å². The molecular formula is C10H16O2. The predicted molar refractivity (Wildman–Crippen MR) is 47.8 cm³/mol. The topological polar surface area (TPSA) is 37.3 Å². The fraction of sp³-hybridized carbons (Fsp3) is 0.700. The molecule has 0 heterocycles. The van der Waals surface area contributed by atoms with Gasteiger partial charge in [-0.2, -0.15) is 0 Å². The van der Waals surface area contributed by atoms with E-state index in [1.807, 2.05) is 13.8 Å². The second-order valence-corrected chi connectivity index (χ2v) is 4.23. The highest BCUT2D eigenvalue weighted by atomic mass is 16.3. The first-order valence-electron chi connectivity index (χ1n) is 4.34. The molecule has 0 amide bonds. The fourth-order valence-electron chi connectivity index (χ4n) is 1.78. The first kappa shape index (κ1) is 9.46. The summed E-state index contributed by atoms with van der Waals surface area (Å²) in [6.07, 6.45) is 2.43. The van der Waals surface area contributed by atoms with Crippen molar-refractivity contribution in [3.63, 3.8) is 0 Å². The Morgan fingerprint density at radius 3 is 2.58 bits per heavy atom. The summed E-state index contributed by atoms with van der Waals surface area (Å²) in [6, 6.07) is 0. The Kier molecular flexibility index (Phi) is 2.38. The first-order chi connectivity index (χ1) is 5.46. The van der Waals surface area contributed by atoms with E-state index >= 15 is 0 Å². The summed E-state index contributed by atoms with van der Waals surface area (Å²) in [7, 11) is 0. The second-order valence-electron chi connectivity index (χ2n) is 4.23. The molecule has 1 atom stereocenters. The summed E-state index contributed by atoms with van der Waals surface area (Å²) in [5.74, 6) is 0.0984. The molecule has 2 nitrogen and oxygen atoms in total. The number of carbonyl (C=O) groups is 1. The molecule has 0 aromatic carbocycles. The Hall–Kier alpha value is -0.630. The van der Waals surface area contributed by atoms with E-state index in [-0.39, 0.29) is 11.2 Å². The van der Waals surface area contributed by atoms with Crippen molar-refractivity contribution in [1.82, 2.24) is 0 Å². The van der Waals surface area contributed by atoms with Gasteiger partial charge in [-0.1, -0.05) is 19.9 Å². The highest BCUT2D eigenvalue weighted by Gasteiger charge is 2.34. The van der Waals surface area contributed by atoms with Gasteiger partial charge >= 0.3 is 0 Å². The Labute approximate surface area is 73.3 Å². The quantitative estimate of drug-likeness (QED) is 0.559. The zero-order chi connectivity index (χ0) is 9.35. The molecule has 1 aliphatic rings. The molecule has 68 valence electrons. The molecule has 0 bridgehead atoms. The summed E-state index contributed by atoms with van der Waals surface area (Å²) in [5, 5.41) is 9.59. The van der Waals surface area contributed by atoms with Crippen molar-refractivity contribution in [2.24, 2.45) is 5.41 Å². The lowest BCUT2D eigenvalue weighted by molar-refractivity contribution is -0.121. The van der Waals surface area contributed by atoms with Crippen molar-refractivity contribution in [3.8, 4) is 0 Å². The average Bonchev–Trinajstić information content (AvgIpc) is 1.82.